The smallest absolute Gasteiger partial charge is 0.195 e. The van der Waals surface area contributed by atoms with Crippen LogP contribution in [0.1, 0.15) is 5.56 Å². The zero-order valence-electron chi connectivity index (χ0n) is 11.1. The highest BCUT2D eigenvalue weighted by molar-refractivity contribution is 5.69. The van der Waals surface area contributed by atoms with Crippen molar-refractivity contribution in [1.82, 2.24) is 5.32 Å². The van der Waals surface area contributed by atoms with Crippen LogP contribution in [0.3, 0.4) is 0 Å². The van der Waals surface area contributed by atoms with Crippen molar-refractivity contribution in [3.05, 3.63) is 53.3 Å². The van der Waals surface area contributed by atoms with Crippen LogP contribution in [-0.2, 0) is 6.54 Å². The van der Waals surface area contributed by atoms with Gasteiger partial charge < -0.3 is 10.1 Å². The Bertz CT molecular complexity index is 629. The predicted octanol–water partition coefficient (Wildman–Crippen LogP) is 3.50. The molecule has 5 heteroatoms. The molecule has 106 valence electrons. The van der Waals surface area contributed by atoms with Gasteiger partial charge in [0.15, 0.2) is 17.5 Å². The molecule has 0 amide bonds. The fourth-order valence-corrected chi connectivity index (χ4v) is 2.03. The lowest BCUT2D eigenvalue weighted by molar-refractivity contribution is 0.414. The third-order valence-corrected chi connectivity index (χ3v) is 3.00. The first-order valence-corrected chi connectivity index (χ1v) is 6.04. The van der Waals surface area contributed by atoms with Crippen molar-refractivity contribution >= 4 is 0 Å². The minimum Gasteiger partial charge on any atom is -0.497 e. The zero-order valence-corrected chi connectivity index (χ0v) is 11.1. The number of nitrogens with one attached hydrogen (secondary N) is 1. The highest BCUT2D eigenvalue weighted by Crippen LogP contribution is 2.31. The molecule has 0 fully saturated rings. The molecule has 0 aliphatic carbocycles. The van der Waals surface area contributed by atoms with E-state index in [1.165, 1.54) is 13.2 Å². The second kappa shape index (κ2) is 5.96. The van der Waals surface area contributed by atoms with Crippen molar-refractivity contribution in [3.8, 4) is 16.9 Å². The van der Waals surface area contributed by atoms with Gasteiger partial charge in [0.2, 0.25) is 0 Å². The number of halogens is 3. The average molecular weight is 281 g/mol. The second-order valence-corrected chi connectivity index (χ2v) is 4.28. The molecule has 2 aromatic carbocycles. The van der Waals surface area contributed by atoms with Crippen LogP contribution in [0.25, 0.3) is 11.1 Å². The molecule has 0 spiro atoms. The van der Waals surface area contributed by atoms with E-state index in [-0.39, 0.29) is 5.56 Å². The van der Waals surface area contributed by atoms with Crippen LogP contribution in [0, 0.1) is 17.5 Å². The van der Waals surface area contributed by atoms with E-state index in [2.05, 4.69) is 5.32 Å². The summed E-state index contributed by atoms with van der Waals surface area (Å²) in [5, 5.41) is 2.95. The highest BCUT2D eigenvalue weighted by Gasteiger charge is 2.17. The summed E-state index contributed by atoms with van der Waals surface area (Å²) in [6.45, 7) is 0.449. The molecule has 0 aliphatic rings. The molecule has 0 aliphatic heterocycles. The fraction of sp³-hybridized carbons (Fsp3) is 0.200. The van der Waals surface area contributed by atoms with Crippen LogP contribution in [0.2, 0.25) is 0 Å². The Morgan fingerprint density at radius 2 is 1.70 bits per heavy atom. The number of methoxy groups -OCH3 is 1. The van der Waals surface area contributed by atoms with E-state index in [0.717, 1.165) is 11.6 Å². The van der Waals surface area contributed by atoms with Crippen LogP contribution < -0.4 is 10.1 Å². The third-order valence-electron chi connectivity index (χ3n) is 3.00. The van der Waals surface area contributed by atoms with Gasteiger partial charge in [-0.2, -0.15) is 0 Å². The number of benzene rings is 2. The van der Waals surface area contributed by atoms with E-state index >= 15 is 0 Å². The molecule has 0 radical (unpaired) electrons. The van der Waals surface area contributed by atoms with Crippen LogP contribution in [0.5, 0.6) is 5.75 Å². The summed E-state index contributed by atoms with van der Waals surface area (Å²) < 4.78 is 45.3. The summed E-state index contributed by atoms with van der Waals surface area (Å²) in [7, 11) is 3.27. The van der Waals surface area contributed by atoms with Gasteiger partial charge >= 0.3 is 0 Å². The maximum Gasteiger partial charge on any atom is 0.195 e. The van der Waals surface area contributed by atoms with Gasteiger partial charge in [-0.1, -0.05) is 6.07 Å². The largest absolute Gasteiger partial charge is 0.497 e. The summed E-state index contributed by atoms with van der Waals surface area (Å²) in [4.78, 5) is 0. The lowest BCUT2D eigenvalue weighted by atomic mass is 9.98. The van der Waals surface area contributed by atoms with Crippen LogP contribution in [0.4, 0.5) is 13.2 Å². The van der Waals surface area contributed by atoms with Gasteiger partial charge in [-0.3, -0.25) is 0 Å². The lowest BCUT2D eigenvalue weighted by Gasteiger charge is -2.12. The quantitative estimate of drug-likeness (QED) is 0.866. The SMILES string of the molecule is CNCc1cc(OC)ccc1-c1ccc(F)c(F)c1F. The maximum absolute atomic E-state index is 13.9. The van der Waals surface area contributed by atoms with Gasteiger partial charge in [0, 0.05) is 12.1 Å². The van der Waals surface area contributed by atoms with Crippen molar-refractivity contribution in [2.45, 2.75) is 6.54 Å². The summed E-state index contributed by atoms with van der Waals surface area (Å²) in [6, 6.07) is 7.15. The molecule has 2 rings (SSSR count). The topological polar surface area (TPSA) is 21.3 Å². The Kier molecular flexibility index (Phi) is 4.29. The maximum atomic E-state index is 13.9. The molecule has 20 heavy (non-hydrogen) atoms. The molecule has 1 N–H and O–H groups in total. The van der Waals surface area contributed by atoms with Crippen LogP contribution >= 0.6 is 0 Å². The van der Waals surface area contributed by atoms with E-state index in [1.54, 1.807) is 25.2 Å². The number of hydrogen-bond donors (Lipinski definition) is 1. The first kappa shape index (κ1) is 14.4. The standard InChI is InChI=1S/C15H14F3NO/c1-19-8-9-7-10(20-2)3-4-11(9)12-5-6-13(16)15(18)14(12)17/h3-7,19H,8H2,1-2H3. The van der Waals surface area contributed by atoms with Gasteiger partial charge in [0.25, 0.3) is 0 Å². The zero-order chi connectivity index (χ0) is 14.7. The Balaban J connectivity index is 2.60. The second-order valence-electron chi connectivity index (χ2n) is 4.28. The molecule has 0 atom stereocenters. The number of rotatable bonds is 4. The molecule has 0 bridgehead atoms. The molecule has 2 nitrogen and oxygen atoms in total. The minimum absolute atomic E-state index is 0.0248. The molecule has 2 aromatic rings. The first-order valence-electron chi connectivity index (χ1n) is 6.04. The third kappa shape index (κ3) is 2.63. The van der Waals surface area contributed by atoms with Crippen molar-refractivity contribution in [3.63, 3.8) is 0 Å². The van der Waals surface area contributed by atoms with Crippen molar-refractivity contribution in [2.24, 2.45) is 0 Å². The first-order chi connectivity index (χ1) is 9.58. The molecule has 0 unspecified atom stereocenters. The van der Waals surface area contributed by atoms with E-state index in [1.807, 2.05) is 0 Å². The van der Waals surface area contributed by atoms with Gasteiger partial charge in [0.1, 0.15) is 5.75 Å². The monoisotopic (exact) mass is 281 g/mol. The summed E-state index contributed by atoms with van der Waals surface area (Å²) >= 11 is 0. The van der Waals surface area contributed by atoms with Gasteiger partial charge in [-0.25, -0.2) is 13.2 Å². The van der Waals surface area contributed by atoms with E-state index in [0.29, 0.717) is 17.9 Å². The van der Waals surface area contributed by atoms with Crippen molar-refractivity contribution in [2.75, 3.05) is 14.2 Å². The van der Waals surface area contributed by atoms with Crippen LogP contribution in [-0.4, -0.2) is 14.2 Å². The number of hydrogen-bond acceptors (Lipinski definition) is 2. The minimum atomic E-state index is -1.46. The molecule has 0 saturated heterocycles. The highest BCUT2D eigenvalue weighted by atomic mass is 19.2. The Morgan fingerprint density at radius 3 is 2.35 bits per heavy atom. The Labute approximate surface area is 115 Å². The van der Waals surface area contributed by atoms with Gasteiger partial charge in [-0.15, -0.1) is 0 Å². The van der Waals surface area contributed by atoms with Crippen LogP contribution in [0.15, 0.2) is 30.3 Å². The van der Waals surface area contributed by atoms with E-state index in [4.69, 9.17) is 4.74 Å². The van der Waals surface area contributed by atoms with Gasteiger partial charge in [0.05, 0.1) is 7.11 Å². The Hall–Kier alpha value is -2.01. The molecule has 0 heterocycles. The predicted molar refractivity (Wildman–Crippen MR) is 71.1 cm³/mol. The summed E-state index contributed by atoms with van der Waals surface area (Å²) in [6.07, 6.45) is 0. The van der Waals surface area contributed by atoms with Crippen molar-refractivity contribution in [1.29, 1.82) is 0 Å². The van der Waals surface area contributed by atoms with E-state index in [9.17, 15) is 13.2 Å². The molecular formula is C15H14F3NO. The van der Waals surface area contributed by atoms with E-state index < -0.39 is 17.5 Å². The van der Waals surface area contributed by atoms with Crippen molar-refractivity contribution < 1.29 is 17.9 Å². The molecule has 0 saturated carbocycles. The Morgan fingerprint density at radius 1 is 1.00 bits per heavy atom. The summed E-state index contributed by atoms with van der Waals surface area (Å²) in [5.41, 5.74) is 1.25. The average Bonchev–Trinajstić information content (AvgIpc) is 2.46. The van der Waals surface area contributed by atoms with Gasteiger partial charge in [-0.05, 0) is 42.4 Å². The molecule has 0 aromatic heterocycles. The number of ether oxygens (including phenoxy) is 1. The molecular weight excluding hydrogens is 267 g/mol. The summed E-state index contributed by atoms with van der Waals surface area (Å²) in [5.74, 6) is -3.24. The lowest BCUT2D eigenvalue weighted by Crippen LogP contribution is -2.07. The fourth-order valence-electron chi connectivity index (χ4n) is 2.03. The normalized spacial score (nSPS) is 10.7.